The molecule has 1 heterocycles. The van der Waals surface area contributed by atoms with Crippen LogP contribution in [0.1, 0.15) is 40.5 Å². The average Bonchev–Trinajstić information content (AvgIpc) is 2.15. The van der Waals surface area contributed by atoms with Crippen LogP contribution >= 0.6 is 0 Å². The molecule has 94 valence electrons. The van der Waals surface area contributed by atoms with Gasteiger partial charge in [-0.2, -0.15) is 0 Å². The van der Waals surface area contributed by atoms with Gasteiger partial charge in [-0.3, -0.25) is 4.79 Å². The van der Waals surface area contributed by atoms with E-state index in [0.29, 0.717) is 11.5 Å². The zero-order chi connectivity index (χ0) is 12.3. The van der Waals surface area contributed by atoms with Gasteiger partial charge in [0.1, 0.15) is 0 Å². The van der Waals surface area contributed by atoms with Crippen molar-refractivity contribution in [2.45, 2.75) is 46.6 Å². The zero-order valence-electron chi connectivity index (χ0n) is 11.4. The minimum absolute atomic E-state index is 0.189. The van der Waals surface area contributed by atoms with Crippen molar-refractivity contribution in [1.29, 1.82) is 0 Å². The van der Waals surface area contributed by atoms with Crippen LogP contribution in [-0.2, 0) is 4.79 Å². The van der Waals surface area contributed by atoms with E-state index in [-0.39, 0.29) is 5.91 Å². The summed E-state index contributed by atoms with van der Waals surface area (Å²) in [5.41, 5.74) is 0.374. The van der Waals surface area contributed by atoms with E-state index in [1.165, 1.54) is 0 Å². The van der Waals surface area contributed by atoms with Crippen molar-refractivity contribution in [3.05, 3.63) is 0 Å². The first-order valence-corrected chi connectivity index (χ1v) is 6.25. The van der Waals surface area contributed by atoms with Crippen molar-refractivity contribution in [3.63, 3.8) is 0 Å². The highest BCUT2D eigenvalue weighted by Crippen LogP contribution is 2.20. The van der Waals surface area contributed by atoms with Gasteiger partial charge in [-0.25, -0.2) is 0 Å². The molecule has 0 spiro atoms. The Morgan fingerprint density at radius 1 is 1.31 bits per heavy atom. The highest BCUT2D eigenvalue weighted by atomic mass is 16.2. The minimum Gasteiger partial charge on any atom is -0.343 e. The van der Waals surface area contributed by atoms with Crippen molar-refractivity contribution in [1.82, 2.24) is 9.80 Å². The van der Waals surface area contributed by atoms with Crippen LogP contribution in [-0.4, -0.2) is 48.4 Å². The lowest BCUT2D eigenvalue weighted by Gasteiger charge is -2.38. The smallest absolute Gasteiger partial charge is 0.219 e. The Labute approximate surface area is 99.8 Å². The molecular formula is C13H26N2O. The third-order valence-electron chi connectivity index (χ3n) is 3.30. The van der Waals surface area contributed by atoms with Crippen LogP contribution < -0.4 is 0 Å². The number of rotatable bonds is 2. The van der Waals surface area contributed by atoms with Gasteiger partial charge in [0.25, 0.3) is 0 Å². The highest BCUT2D eigenvalue weighted by molar-refractivity contribution is 5.73. The van der Waals surface area contributed by atoms with Crippen LogP contribution in [0.4, 0.5) is 0 Å². The zero-order valence-corrected chi connectivity index (χ0v) is 11.4. The van der Waals surface area contributed by atoms with Crippen LogP contribution in [0.5, 0.6) is 0 Å². The third-order valence-corrected chi connectivity index (χ3v) is 3.30. The van der Waals surface area contributed by atoms with Gasteiger partial charge >= 0.3 is 0 Å². The molecule has 1 amide bonds. The number of amides is 1. The molecule has 0 aromatic carbocycles. The Kier molecular flexibility index (Phi) is 4.36. The highest BCUT2D eigenvalue weighted by Gasteiger charge is 2.25. The summed E-state index contributed by atoms with van der Waals surface area (Å²) in [4.78, 5) is 15.7. The quantitative estimate of drug-likeness (QED) is 0.719. The first kappa shape index (κ1) is 13.5. The second-order valence-corrected chi connectivity index (χ2v) is 6.20. The van der Waals surface area contributed by atoms with Crippen LogP contribution in [0.3, 0.4) is 0 Å². The van der Waals surface area contributed by atoms with E-state index in [4.69, 9.17) is 0 Å². The molecule has 0 radical (unpaired) electrons. The summed E-state index contributed by atoms with van der Waals surface area (Å²) in [6, 6.07) is 0.453. The number of hydrogen-bond acceptors (Lipinski definition) is 2. The Balaban J connectivity index is 2.37. The molecule has 1 fully saturated rings. The van der Waals surface area contributed by atoms with Crippen molar-refractivity contribution in [2.24, 2.45) is 5.41 Å². The SMILES string of the molecule is CC(=O)N(C)C1CCN(CC(C)(C)C)CC1. The second kappa shape index (κ2) is 5.17. The first-order valence-electron chi connectivity index (χ1n) is 6.25. The average molecular weight is 226 g/mol. The predicted octanol–water partition coefficient (Wildman–Crippen LogP) is 1.98. The standard InChI is InChI=1S/C13H26N2O/c1-11(16)14(5)12-6-8-15(9-7-12)10-13(2,3)4/h12H,6-10H2,1-5H3. The molecule has 16 heavy (non-hydrogen) atoms. The van der Waals surface area contributed by atoms with Crippen molar-refractivity contribution >= 4 is 5.91 Å². The lowest BCUT2D eigenvalue weighted by molar-refractivity contribution is -0.130. The van der Waals surface area contributed by atoms with E-state index in [9.17, 15) is 4.79 Å². The number of piperidine rings is 1. The van der Waals surface area contributed by atoms with Crippen LogP contribution in [0.15, 0.2) is 0 Å². The summed E-state index contributed by atoms with van der Waals surface area (Å²) in [5.74, 6) is 0.189. The summed E-state index contributed by atoms with van der Waals surface area (Å²) in [6.45, 7) is 11.9. The number of carbonyl (C=O) groups excluding carboxylic acids is 1. The fourth-order valence-corrected chi connectivity index (χ4v) is 2.39. The molecule has 0 saturated carbocycles. The monoisotopic (exact) mass is 226 g/mol. The normalized spacial score (nSPS) is 19.8. The number of carbonyl (C=O) groups is 1. The molecule has 3 nitrogen and oxygen atoms in total. The second-order valence-electron chi connectivity index (χ2n) is 6.20. The van der Waals surface area contributed by atoms with Gasteiger partial charge in [0, 0.05) is 39.6 Å². The number of likely N-dealkylation sites (tertiary alicyclic amines) is 1. The molecule has 0 bridgehead atoms. The summed E-state index contributed by atoms with van der Waals surface area (Å²) in [6.07, 6.45) is 2.23. The molecule has 0 aliphatic carbocycles. The molecule has 0 unspecified atom stereocenters. The van der Waals surface area contributed by atoms with Crippen LogP contribution in [0.25, 0.3) is 0 Å². The van der Waals surface area contributed by atoms with Crippen molar-refractivity contribution < 1.29 is 4.79 Å². The lowest BCUT2D eigenvalue weighted by Crippen LogP contribution is -2.46. The molecule has 1 saturated heterocycles. The molecular weight excluding hydrogens is 200 g/mol. The molecule has 1 aliphatic rings. The Bertz CT molecular complexity index is 237. The largest absolute Gasteiger partial charge is 0.343 e. The maximum Gasteiger partial charge on any atom is 0.219 e. The van der Waals surface area contributed by atoms with E-state index in [1.807, 2.05) is 11.9 Å². The number of nitrogens with zero attached hydrogens (tertiary/aromatic N) is 2. The van der Waals surface area contributed by atoms with Crippen LogP contribution in [0, 0.1) is 5.41 Å². The van der Waals surface area contributed by atoms with E-state index in [2.05, 4.69) is 25.7 Å². The van der Waals surface area contributed by atoms with Crippen molar-refractivity contribution in [2.75, 3.05) is 26.7 Å². The van der Waals surface area contributed by atoms with E-state index >= 15 is 0 Å². The molecule has 0 aromatic rings. The first-order chi connectivity index (χ1) is 7.29. The maximum absolute atomic E-state index is 11.3. The number of hydrogen-bond donors (Lipinski definition) is 0. The molecule has 1 rings (SSSR count). The minimum atomic E-state index is 0.189. The van der Waals surface area contributed by atoms with Crippen LogP contribution in [0.2, 0.25) is 0 Å². The predicted molar refractivity (Wildman–Crippen MR) is 67.4 cm³/mol. The molecule has 3 heteroatoms. The lowest BCUT2D eigenvalue weighted by atomic mass is 9.94. The summed E-state index contributed by atoms with van der Waals surface area (Å²) in [7, 11) is 1.92. The van der Waals surface area contributed by atoms with Gasteiger partial charge in [0.15, 0.2) is 0 Å². The fraction of sp³-hybridized carbons (Fsp3) is 0.923. The topological polar surface area (TPSA) is 23.6 Å². The van der Waals surface area contributed by atoms with Gasteiger partial charge in [-0.05, 0) is 18.3 Å². The molecule has 0 atom stereocenters. The summed E-state index contributed by atoms with van der Waals surface area (Å²) >= 11 is 0. The van der Waals surface area contributed by atoms with Gasteiger partial charge in [0.05, 0.1) is 0 Å². The maximum atomic E-state index is 11.3. The molecule has 0 N–H and O–H groups in total. The molecule has 0 aromatic heterocycles. The van der Waals surface area contributed by atoms with Gasteiger partial charge < -0.3 is 9.80 Å². The van der Waals surface area contributed by atoms with Gasteiger partial charge in [-0.1, -0.05) is 20.8 Å². The fourth-order valence-electron chi connectivity index (χ4n) is 2.39. The van der Waals surface area contributed by atoms with E-state index in [1.54, 1.807) is 6.92 Å². The van der Waals surface area contributed by atoms with E-state index in [0.717, 1.165) is 32.5 Å². The van der Waals surface area contributed by atoms with Gasteiger partial charge in [0.2, 0.25) is 5.91 Å². The summed E-state index contributed by atoms with van der Waals surface area (Å²) < 4.78 is 0. The Hall–Kier alpha value is -0.570. The molecule has 1 aliphatic heterocycles. The third kappa shape index (κ3) is 4.12. The van der Waals surface area contributed by atoms with E-state index < -0.39 is 0 Å². The van der Waals surface area contributed by atoms with Gasteiger partial charge in [-0.15, -0.1) is 0 Å². The Morgan fingerprint density at radius 2 is 1.81 bits per heavy atom. The van der Waals surface area contributed by atoms with Crippen molar-refractivity contribution in [3.8, 4) is 0 Å². The summed E-state index contributed by atoms with van der Waals surface area (Å²) in [5, 5.41) is 0. The Morgan fingerprint density at radius 3 is 2.19 bits per heavy atom.